The minimum absolute atomic E-state index is 0.923. The number of benzene rings is 7. The molecule has 10 rings (SSSR count). The summed E-state index contributed by atoms with van der Waals surface area (Å²) in [6.07, 6.45) is 0. The van der Waals surface area contributed by atoms with Crippen LogP contribution in [0.25, 0.3) is 88.3 Å². The third-order valence-corrected chi connectivity index (χ3v) is 9.98. The van der Waals surface area contributed by atoms with Crippen molar-refractivity contribution in [1.82, 2.24) is 17.9 Å². The van der Waals surface area contributed by atoms with E-state index in [2.05, 4.69) is 167 Å². The van der Waals surface area contributed by atoms with Crippen molar-refractivity contribution in [2.24, 2.45) is 0 Å². The molecule has 4 nitrogen and oxygen atoms in total. The van der Waals surface area contributed by atoms with Crippen molar-refractivity contribution >= 4 is 66.4 Å². The second-order valence-electron chi connectivity index (χ2n) is 11.9. The number of hydrogen-bond donors (Lipinski definition) is 0. The summed E-state index contributed by atoms with van der Waals surface area (Å²) in [6.45, 7) is 0. The Labute approximate surface area is 274 Å². The molecule has 0 bridgehead atoms. The van der Waals surface area contributed by atoms with E-state index in [0.29, 0.717) is 0 Å². The predicted molar refractivity (Wildman–Crippen MR) is 197 cm³/mol. The maximum Gasteiger partial charge on any atom is 0.113 e. The van der Waals surface area contributed by atoms with E-state index in [9.17, 15) is 0 Å². The highest BCUT2D eigenvalue weighted by Gasteiger charge is 2.19. The molecule has 0 aliphatic heterocycles. The van der Waals surface area contributed by atoms with Crippen LogP contribution in [-0.2, 0) is 0 Å². The van der Waals surface area contributed by atoms with Crippen molar-refractivity contribution in [3.8, 4) is 33.6 Å². The highest BCUT2D eigenvalue weighted by Crippen LogP contribution is 2.40. The minimum Gasteiger partial charge on any atom is -0.309 e. The van der Waals surface area contributed by atoms with Crippen molar-refractivity contribution < 1.29 is 0 Å². The molecule has 0 fully saturated rings. The lowest BCUT2D eigenvalue weighted by molar-refractivity contribution is 1.18. The number of aromatic nitrogens is 4. The number of para-hydroxylation sites is 5. The van der Waals surface area contributed by atoms with Gasteiger partial charge in [-0.2, -0.15) is 8.75 Å². The van der Waals surface area contributed by atoms with Crippen molar-refractivity contribution in [2.45, 2.75) is 0 Å². The van der Waals surface area contributed by atoms with Crippen LogP contribution in [0.3, 0.4) is 0 Å². The van der Waals surface area contributed by atoms with Gasteiger partial charge >= 0.3 is 0 Å². The molecule has 7 aromatic carbocycles. The molecule has 0 saturated heterocycles. The molecule has 3 heterocycles. The number of rotatable bonds is 4. The molecule has 0 amide bonds. The van der Waals surface area contributed by atoms with Gasteiger partial charge in [-0.15, -0.1) is 0 Å². The quantitative estimate of drug-likeness (QED) is 0.197. The maximum absolute atomic E-state index is 4.87. The summed E-state index contributed by atoms with van der Waals surface area (Å²) in [5, 5.41) is 5.02. The molecule has 0 spiro atoms. The van der Waals surface area contributed by atoms with Gasteiger partial charge in [-0.25, -0.2) is 0 Å². The lowest BCUT2D eigenvalue weighted by atomic mass is 9.96. The summed E-state index contributed by atoms with van der Waals surface area (Å²) < 4.78 is 14.5. The summed E-state index contributed by atoms with van der Waals surface area (Å²) in [5.74, 6) is 0. The zero-order valence-corrected chi connectivity index (χ0v) is 26.0. The Balaban J connectivity index is 1.11. The first-order valence-corrected chi connectivity index (χ1v) is 16.5. The van der Waals surface area contributed by atoms with Crippen molar-refractivity contribution in [1.29, 1.82) is 0 Å². The molecule has 47 heavy (non-hydrogen) atoms. The van der Waals surface area contributed by atoms with Gasteiger partial charge in [0.2, 0.25) is 0 Å². The molecule has 0 aliphatic rings. The van der Waals surface area contributed by atoms with E-state index in [0.717, 1.165) is 44.7 Å². The van der Waals surface area contributed by atoms with Crippen molar-refractivity contribution in [2.75, 3.05) is 0 Å². The first-order valence-electron chi connectivity index (χ1n) is 15.8. The summed E-state index contributed by atoms with van der Waals surface area (Å²) in [6, 6.07) is 56.4. The monoisotopic (exact) mass is 618 g/mol. The fraction of sp³-hybridized carbons (Fsp3) is 0. The smallest absolute Gasteiger partial charge is 0.113 e. The average Bonchev–Trinajstić information content (AvgIpc) is 3.85. The number of fused-ring (bicyclic) bond motifs is 7. The topological polar surface area (TPSA) is 35.6 Å². The first-order chi connectivity index (χ1) is 23.3. The largest absolute Gasteiger partial charge is 0.309 e. The van der Waals surface area contributed by atoms with E-state index in [-0.39, 0.29) is 0 Å². The molecular formula is C42H26N4S. The molecule has 0 aliphatic carbocycles. The van der Waals surface area contributed by atoms with E-state index in [1.54, 1.807) is 0 Å². The molecule has 0 unspecified atom stereocenters. The molecule has 0 N–H and O–H groups in total. The van der Waals surface area contributed by atoms with Crippen LogP contribution in [0.5, 0.6) is 0 Å². The van der Waals surface area contributed by atoms with E-state index in [4.69, 9.17) is 8.75 Å². The number of nitrogens with zero attached hydrogens (tertiary/aromatic N) is 4. The summed E-state index contributed by atoms with van der Waals surface area (Å²) in [7, 11) is 0. The lowest BCUT2D eigenvalue weighted by Gasteiger charge is -2.15. The third-order valence-electron chi connectivity index (χ3n) is 9.45. The maximum atomic E-state index is 4.87. The van der Waals surface area contributed by atoms with Crippen LogP contribution in [0, 0.1) is 0 Å². The summed E-state index contributed by atoms with van der Waals surface area (Å²) in [5.41, 5.74) is 13.3. The Kier molecular flexibility index (Phi) is 5.71. The normalized spacial score (nSPS) is 11.8. The van der Waals surface area contributed by atoms with Gasteiger partial charge in [-0.1, -0.05) is 115 Å². The molecule has 3 aromatic heterocycles. The minimum atomic E-state index is 0.923. The molecule has 0 radical (unpaired) electrons. The van der Waals surface area contributed by atoms with Crippen LogP contribution in [0.1, 0.15) is 0 Å². The van der Waals surface area contributed by atoms with Gasteiger partial charge in [0.15, 0.2) is 0 Å². The Morgan fingerprint density at radius 1 is 0.362 bits per heavy atom. The van der Waals surface area contributed by atoms with Gasteiger partial charge in [0.05, 0.1) is 39.5 Å². The molecule has 0 atom stereocenters. The molecule has 5 heteroatoms. The molecule has 220 valence electrons. The van der Waals surface area contributed by atoms with Gasteiger partial charge in [-0.3, -0.25) is 0 Å². The highest BCUT2D eigenvalue weighted by molar-refractivity contribution is 7.00. The van der Waals surface area contributed by atoms with Gasteiger partial charge in [0, 0.05) is 43.9 Å². The van der Waals surface area contributed by atoms with E-state index >= 15 is 0 Å². The Morgan fingerprint density at radius 2 is 0.809 bits per heavy atom. The van der Waals surface area contributed by atoms with Crippen molar-refractivity contribution in [3.63, 3.8) is 0 Å². The summed E-state index contributed by atoms with van der Waals surface area (Å²) in [4.78, 5) is 0. The molecule has 10 aromatic rings. The lowest BCUT2D eigenvalue weighted by Crippen LogP contribution is -1.97. The average molecular weight is 619 g/mol. The fourth-order valence-corrected chi connectivity index (χ4v) is 7.96. The standard InChI is InChI=1S/C42H26N4S/c1-6-16-36-30(11-1)31-12-2-7-17-37(31)45(36)28-23-21-27(22-24-28)29-25-26-35(42-41(29)43-47-44-42)34-15-5-10-20-40(34)46-38-18-8-3-13-32(38)33-14-4-9-19-39(33)46/h1-26H. The Morgan fingerprint density at radius 3 is 1.38 bits per heavy atom. The van der Waals surface area contributed by atoms with Crippen LogP contribution in [0.15, 0.2) is 158 Å². The number of hydrogen-bond acceptors (Lipinski definition) is 3. The SMILES string of the molecule is c1ccc(-n2c3ccccc3c3ccccc32)c(-c2ccc(-c3ccc(-n4c5ccccc5c5ccccc54)cc3)c3nsnc23)c1. The van der Waals surface area contributed by atoms with Gasteiger partial charge in [0.1, 0.15) is 11.0 Å². The van der Waals surface area contributed by atoms with Crippen molar-refractivity contribution in [3.05, 3.63) is 158 Å². The third kappa shape index (κ3) is 3.87. The van der Waals surface area contributed by atoms with Gasteiger partial charge < -0.3 is 9.13 Å². The Bertz CT molecular complexity index is 2690. The first kappa shape index (κ1) is 26.2. The molecule has 0 saturated carbocycles. The summed E-state index contributed by atoms with van der Waals surface area (Å²) >= 11 is 1.27. The van der Waals surface area contributed by atoms with Crippen LogP contribution in [0.2, 0.25) is 0 Å². The van der Waals surface area contributed by atoms with Crippen LogP contribution >= 0.6 is 11.7 Å². The van der Waals surface area contributed by atoms with E-state index in [1.165, 1.54) is 55.3 Å². The van der Waals surface area contributed by atoms with Crippen LogP contribution in [-0.4, -0.2) is 17.9 Å². The predicted octanol–water partition coefficient (Wildman–Crippen LogP) is 11.2. The second kappa shape index (κ2) is 10.2. The highest BCUT2D eigenvalue weighted by atomic mass is 32.1. The van der Waals surface area contributed by atoms with E-state index in [1.807, 2.05) is 0 Å². The van der Waals surface area contributed by atoms with E-state index < -0.39 is 0 Å². The van der Waals surface area contributed by atoms with Crippen LogP contribution in [0.4, 0.5) is 0 Å². The van der Waals surface area contributed by atoms with Gasteiger partial charge in [0.25, 0.3) is 0 Å². The van der Waals surface area contributed by atoms with Crippen LogP contribution < -0.4 is 0 Å². The Hall–Kier alpha value is -6.04. The zero-order chi connectivity index (χ0) is 30.9. The molecular weight excluding hydrogens is 593 g/mol. The fourth-order valence-electron chi connectivity index (χ4n) is 7.39. The van der Waals surface area contributed by atoms with Gasteiger partial charge in [-0.05, 0) is 48.0 Å². The zero-order valence-electron chi connectivity index (χ0n) is 25.2. The second-order valence-corrected chi connectivity index (χ2v) is 12.5.